The van der Waals surface area contributed by atoms with Crippen LogP contribution in [0.25, 0.3) is 10.9 Å². The minimum atomic E-state index is -0.805. The quantitative estimate of drug-likeness (QED) is 0.696. The minimum Gasteiger partial charge on any atom is -0.465 e. The average molecular weight is 223 g/mol. The van der Waals surface area contributed by atoms with E-state index in [-0.39, 0.29) is 16.5 Å². The topological polar surface area (TPSA) is 39.2 Å². The van der Waals surface area contributed by atoms with Crippen molar-refractivity contribution in [3.05, 3.63) is 41.6 Å². The molecule has 1 aromatic carbocycles. The molecule has 1 aromatic heterocycles. The van der Waals surface area contributed by atoms with E-state index in [1.807, 2.05) is 0 Å². The van der Waals surface area contributed by atoms with Crippen molar-refractivity contribution in [1.82, 2.24) is 4.98 Å². The Hall–Kier alpha value is -2.04. The molecule has 0 amide bonds. The number of esters is 1. The van der Waals surface area contributed by atoms with Crippen molar-refractivity contribution < 1.29 is 18.3 Å². The van der Waals surface area contributed by atoms with Gasteiger partial charge in [-0.3, -0.25) is 4.98 Å². The van der Waals surface area contributed by atoms with E-state index in [1.165, 1.54) is 19.4 Å². The predicted molar refractivity (Wildman–Crippen MR) is 53.0 cm³/mol. The van der Waals surface area contributed by atoms with Crippen LogP contribution in [0.15, 0.2) is 24.4 Å². The van der Waals surface area contributed by atoms with Gasteiger partial charge < -0.3 is 4.74 Å². The van der Waals surface area contributed by atoms with E-state index in [4.69, 9.17) is 0 Å². The summed E-state index contributed by atoms with van der Waals surface area (Å²) in [6, 6.07) is 3.13. The van der Waals surface area contributed by atoms with Crippen molar-refractivity contribution in [2.24, 2.45) is 0 Å². The van der Waals surface area contributed by atoms with Gasteiger partial charge in [-0.05, 0) is 12.1 Å². The lowest BCUT2D eigenvalue weighted by molar-refractivity contribution is 0.0603. The molecule has 0 fully saturated rings. The molecule has 1 heterocycles. The van der Waals surface area contributed by atoms with Crippen LogP contribution in [0.2, 0.25) is 0 Å². The molecule has 0 spiro atoms. The number of aromatic nitrogens is 1. The maximum absolute atomic E-state index is 13.3. The largest absolute Gasteiger partial charge is 0.465 e. The monoisotopic (exact) mass is 223 g/mol. The summed E-state index contributed by atoms with van der Waals surface area (Å²) in [5.41, 5.74) is 0.0372. The van der Waals surface area contributed by atoms with Crippen LogP contribution in [0.3, 0.4) is 0 Å². The molecule has 82 valence electrons. The molecule has 3 nitrogen and oxygen atoms in total. The van der Waals surface area contributed by atoms with E-state index in [1.54, 1.807) is 0 Å². The number of fused-ring (bicyclic) bond motifs is 1. The number of hydrogen-bond donors (Lipinski definition) is 0. The molecular weight excluding hydrogens is 216 g/mol. The van der Waals surface area contributed by atoms with Gasteiger partial charge in [0.1, 0.15) is 11.3 Å². The highest BCUT2D eigenvalue weighted by Gasteiger charge is 2.14. The molecule has 2 aromatic rings. The van der Waals surface area contributed by atoms with Gasteiger partial charge in [-0.25, -0.2) is 13.6 Å². The number of carbonyl (C=O) groups excluding carboxylic acids is 1. The summed E-state index contributed by atoms with van der Waals surface area (Å²) in [5, 5.41) is 0.104. The molecule has 0 N–H and O–H groups in total. The van der Waals surface area contributed by atoms with Crippen LogP contribution in [0.5, 0.6) is 0 Å². The normalized spacial score (nSPS) is 10.4. The van der Waals surface area contributed by atoms with Crippen LogP contribution in [0.4, 0.5) is 8.78 Å². The Labute approximate surface area is 89.7 Å². The van der Waals surface area contributed by atoms with E-state index < -0.39 is 17.6 Å². The lowest BCUT2D eigenvalue weighted by atomic mass is 10.1. The highest BCUT2D eigenvalue weighted by Crippen LogP contribution is 2.21. The van der Waals surface area contributed by atoms with E-state index in [2.05, 4.69) is 9.72 Å². The molecule has 0 aliphatic heterocycles. The van der Waals surface area contributed by atoms with E-state index in [0.717, 1.165) is 12.1 Å². The van der Waals surface area contributed by atoms with Gasteiger partial charge in [0.05, 0.1) is 12.7 Å². The fraction of sp³-hybridized carbons (Fsp3) is 0.0909. The van der Waals surface area contributed by atoms with Crippen molar-refractivity contribution in [2.45, 2.75) is 0 Å². The summed E-state index contributed by atoms with van der Waals surface area (Å²) >= 11 is 0. The van der Waals surface area contributed by atoms with Gasteiger partial charge >= 0.3 is 5.97 Å². The van der Waals surface area contributed by atoms with Gasteiger partial charge in [0, 0.05) is 17.6 Å². The Morgan fingerprint density at radius 2 is 2.12 bits per heavy atom. The van der Waals surface area contributed by atoms with Gasteiger partial charge in [0.15, 0.2) is 5.82 Å². The third-order valence-electron chi connectivity index (χ3n) is 2.17. The molecule has 0 bridgehead atoms. The molecule has 5 heteroatoms. The lowest BCUT2D eigenvalue weighted by Gasteiger charge is -2.04. The van der Waals surface area contributed by atoms with Crippen LogP contribution in [-0.4, -0.2) is 18.1 Å². The van der Waals surface area contributed by atoms with Crippen LogP contribution < -0.4 is 0 Å². The number of benzene rings is 1. The van der Waals surface area contributed by atoms with Crippen molar-refractivity contribution in [2.75, 3.05) is 7.11 Å². The third-order valence-corrected chi connectivity index (χ3v) is 2.17. The third kappa shape index (κ3) is 1.60. The molecule has 16 heavy (non-hydrogen) atoms. The highest BCUT2D eigenvalue weighted by atomic mass is 19.1. The second kappa shape index (κ2) is 3.84. The number of hydrogen-bond acceptors (Lipinski definition) is 3. The first-order valence-corrected chi connectivity index (χ1v) is 4.45. The van der Waals surface area contributed by atoms with Gasteiger partial charge in [-0.2, -0.15) is 0 Å². The molecule has 0 atom stereocenters. The van der Waals surface area contributed by atoms with E-state index in [9.17, 15) is 13.6 Å². The van der Waals surface area contributed by atoms with Crippen molar-refractivity contribution >= 4 is 16.9 Å². The molecule has 0 aliphatic carbocycles. The molecular formula is C11H7F2NO2. The predicted octanol–water partition coefficient (Wildman–Crippen LogP) is 2.30. The Balaban J connectivity index is 2.81. The standard InChI is InChI=1S/C11H7F2NO2/c1-16-11(15)7-2-3-14-10-8(7)4-6(12)5-9(10)13/h2-5H,1H3. The summed E-state index contributed by atoms with van der Waals surface area (Å²) in [6.07, 6.45) is 1.27. The maximum Gasteiger partial charge on any atom is 0.338 e. The lowest BCUT2D eigenvalue weighted by Crippen LogP contribution is -2.03. The number of ether oxygens (including phenoxy) is 1. The Kier molecular flexibility index (Phi) is 2.52. The summed E-state index contributed by atoms with van der Waals surface area (Å²) in [7, 11) is 1.20. The molecule has 0 aliphatic rings. The summed E-state index contributed by atoms with van der Waals surface area (Å²) in [4.78, 5) is 15.1. The Morgan fingerprint density at radius 3 is 2.81 bits per heavy atom. The fourth-order valence-electron chi connectivity index (χ4n) is 1.47. The Bertz CT molecular complexity index is 569. The minimum absolute atomic E-state index is 0.0516. The fourth-order valence-corrected chi connectivity index (χ4v) is 1.47. The zero-order valence-electron chi connectivity index (χ0n) is 8.33. The SMILES string of the molecule is COC(=O)c1ccnc2c(F)cc(F)cc12. The number of carbonyl (C=O) groups is 1. The molecule has 2 rings (SSSR count). The molecule has 0 radical (unpaired) electrons. The molecule has 0 saturated heterocycles. The van der Waals surface area contributed by atoms with Crippen molar-refractivity contribution in [3.8, 4) is 0 Å². The number of halogens is 2. The Morgan fingerprint density at radius 1 is 1.38 bits per heavy atom. The zero-order chi connectivity index (χ0) is 11.7. The molecule has 0 saturated carbocycles. The van der Waals surface area contributed by atoms with Crippen molar-refractivity contribution in [1.29, 1.82) is 0 Å². The highest BCUT2D eigenvalue weighted by molar-refractivity contribution is 6.03. The van der Waals surface area contributed by atoms with E-state index in [0.29, 0.717) is 0 Å². The summed E-state index contributed by atoms with van der Waals surface area (Å²) in [6.45, 7) is 0. The second-order valence-electron chi connectivity index (χ2n) is 3.13. The average Bonchev–Trinajstić information content (AvgIpc) is 2.27. The van der Waals surface area contributed by atoms with E-state index >= 15 is 0 Å². The zero-order valence-corrected chi connectivity index (χ0v) is 8.33. The van der Waals surface area contributed by atoms with Gasteiger partial charge in [-0.15, -0.1) is 0 Å². The first-order valence-electron chi connectivity index (χ1n) is 4.45. The summed E-state index contributed by atoms with van der Waals surface area (Å²) in [5.74, 6) is -2.22. The first kappa shape index (κ1) is 10.5. The van der Waals surface area contributed by atoms with Crippen molar-refractivity contribution in [3.63, 3.8) is 0 Å². The van der Waals surface area contributed by atoms with Crippen LogP contribution in [-0.2, 0) is 4.74 Å². The number of nitrogens with zero attached hydrogens (tertiary/aromatic N) is 1. The van der Waals surface area contributed by atoms with Crippen LogP contribution >= 0.6 is 0 Å². The van der Waals surface area contributed by atoms with Crippen LogP contribution in [0, 0.1) is 11.6 Å². The van der Waals surface area contributed by atoms with Gasteiger partial charge in [0.2, 0.25) is 0 Å². The number of pyridine rings is 1. The van der Waals surface area contributed by atoms with Crippen LogP contribution in [0.1, 0.15) is 10.4 Å². The van der Waals surface area contributed by atoms with Gasteiger partial charge in [-0.1, -0.05) is 0 Å². The number of methoxy groups -OCH3 is 1. The maximum atomic E-state index is 13.3. The smallest absolute Gasteiger partial charge is 0.338 e. The second-order valence-corrected chi connectivity index (χ2v) is 3.13. The first-order chi connectivity index (χ1) is 7.63. The number of rotatable bonds is 1. The summed E-state index contributed by atoms with van der Waals surface area (Å²) < 4.78 is 30.9. The molecule has 0 unspecified atom stereocenters. The van der Waals surface area contributed by atoms with Gasteiger partial charge in [0.25, 0.3) is 0 Å².